The molecule has 1 aromatic carbocycles. The lowest BCUT2D eigenvalue weighted by atomic mass is 10.1. The van der Waals surface area contributed by atoms with Crippen LogP contribution in [-0.4, -0.2) is 18.6 Å². The summed E-state index contributed by atoms with van der Waals surface area (Å²) in [5, 5.41) is 6.84. The van der Waals surface area contributed by atoms with Crippen molar-refractivity contribution in [1.29, 1.82) is 0 Å². The third-order valence-electron chi connectivity index (χ3n) is 5.42. The Morgan fingerprint density at radius 1 is 1.09 bits per heavy atom. The number of benzene rings is 1. The minimum absolute atomic E-state index is 0.176. The van der Waals surface area contributed by atoms with Gasteiger partial charge in [0.25, 0.3) is 0 Å². The summed E-state index contributed by atoms with van der Waals surface area (Å²) >= 11 is 0. The summed E-state index contributed by atoms with van der Waals surface area (Å²) < 4.78 is 5.62. The van der Waals surface area contributed by atoms with Crippen LogP contribution < -0.4 is 31.1 Å². The van der Waals surface area contributed by atoms with E-state index >= 15 is 0 Å². The number of nitrogens with one attached hydrogen (secondary N) is 4. The Morgan fingerprint density at radius 2 is 1.91 bits per heavy atom. The number of anilines is 1. The van der Waals surface area contributed by atoms with Gasteiger partial charge in [-0.3, -0.25) is 10.9 Å². The van der Waals surface area contributed by atoms with E-state index in [0.717, 1.165) is 40.7 Å². The van der Waals surface area contributed by atoms with Crippen molar-refractivity contribution >= 4 is 11.4 Å². The van der Waals surface area contributed by atoms with E-state index in [1.165, 1.54) is 5.56 Å². The molecule has 4 rings (SSSR count). The zero-order valence-electron chi connectivity index (χ0n) is 18.9. The topological polar surface area (TPSA) is 73.5 Å². The highest BCUT2D eigenvalue weighted by Crippen LogP contribution is 2.30. The SMILES string of the molecule is COc1nc(C2=CC(C)=C(NC(C)c3ccccc3)NN2)ccc1N1C=CCNC(C)=C1. The maximum Gasteiger partial charge on any atom is 0.238 e. The fourth-order valence-corrected chi connectivity index (χ4v) is 3.65. The highest BCUT2D eigenvalue weighted by atomic mass is 16.5. The molecule has 0 bridgehead atoms. The van der Waals surface area contributed by atoms with Crippen molar-refractivity contribution in [3.63, 3.8) is 0 Å². The molecule has 0 amide bonds. The Kier molecular flexibility index (Phi) is 6.35. The van der Waals surface area contributed by atoms with Crippen LogP contribution in [0.25, 0.3) is 5.70 Å². The first-order chi connectivity index (χ1) is 15.5. The van der Waals surface area contributed by atoms with E-state index in [4.69, 9.17) is 9.72 Å². The molecule has 166 valence electrons. The number of hydrogen-bond acceptors (Lipinski definition) is 7. The number of allylic oxidation sites excluding steroid dienone is 3. The second-order valence-electron chi connectivity index (χ2n) is 7.85. The molecule has 1 aromatic heterocycles. The Hall–Kier alpha value is -3.87. The van der Waals surface area contributed by atoms with Crippen molar-refractivity contribution in [2.75, 3.05) is 18.6 Å². The number of methoxy groups -OCH3 is 1. The number of ether oxygens (including phenoxy) is 1. The molecule has 0 saturated carbocycles. The Bertz CT molecular complexity index is 1090. The molecule has 2 aromatic rings. The smallest absolute Gasteiger partial charge is 0.238 e. The molecule has 7 nitrogen and oxygen atoms in total. The fourth-order valence-electron chi connectivity index (χ4n) is 3.65. The highest BCUT2D eigenvalue weighted by molar-refractivity contribution is 5.69. The van der Waals surface area contributed by atoms with Crippen molar-refractivity contribution in [2.24, 2.45) is 0 Å². The maximum absolute atomic E-state index is 5.62. The Morgan fingerprint density at radius 3 is 2.66 bits per heavy atom. The van der Waals surface area contributed by atoms with Gasteiger partial charge in [-0.05, 0) is 56.2 Å². The van der Waals surface area contributed by atoms with Crippen molar-refractivity contribution in [2.45, 2.75) is 26.8 Å². The summed E-state index contributed by atoms with van der Waals surface area (Å²) in [6.07, 6.45) is 8.19. The molecule has 2 aliphatic rings. The lowest BCUT2D eigenvalue weighted by Crippen LogP contribution is -2.40. The van der Waals surface area contributed by atoms with Crippen LogP contribution in [0.4, 0.5) is 5.69 Å². The van der Waals surface area contributed by atoms with Crippen LogP contribution in [0.1, 0.15) is 38.1 Å². The second kappa shape index (κ2) is 9.51. The molecule has 0 radical (unpaired) electrons. The van der Waals surface area contributed by atoms with Crippen LogP contribution in [-0.2, 0) is 0 Å². The highest BCUT2D eigenvalue weighted by Gasteiger charge is 2.18. The van der Waals surface area contributed by atoms with Gasteiger partial charge in [0.05, 0.1) is 18.5 Å². The number of pyridine rings is 1. The molecular weight excluding hydrogens is 400 g/mol. The van der Waals surface area contributed by atoms with Gasteiger partial charge in [-0.2, -0.15) is 0 Å². The predicted molar refractivity (Wildman–Crippen MR) is 129 cm³/mol. The first-order valence-corrected chi connectivity index (χ1v) is 10.7. The molecule has 1 unspecified atom stereocenters. The van der Waals surface area contributed by atoms with Crippen molar-refractivity contribution in [3.05, 3.63) is 95.4 Å². The largest absolute Gasteiger partial charge is 0.479 e. The number of nitrogens with zero attached hydrogens (tertiary/aromatic N) is 2. The molecule has 0 spiro atoms. The van der Waals surface area contributed by atoms with E-state index in [2.05, 4.69) is 71.8 Å². The van der Waals surface area contributed by atoms with Crippen LogP contribution in [0, 0.1) is 0 Å². The second-order valence-corrected chi connectivity index (χ2v) is 7.85. The zero-order chi connectivity index (χ0) is 22.5. The summed E-state index contributed by atoms with van der Waals surface area (Å²) in [4.78, 5) is 6.77. The fraction of sp³-hybridized carbons (Fsp3) is 0.240. The maximum atomic E-state index is 5.62. The number of hydrogen-bond donors (Lipinski definition) is 4. The van der Waals surface area contributed by atoms with Gasteiger partial charge in [-0.1, -0.05) is 30.3 Å². The van der Waals surface area contributed by atoms with E-state index < -0.39 is 0 Å². The van der Waals surface area contributed by atoms with Crippen LogP contribution in [0.5, 0.6) is 5.88 Å². The molecule has 7 heteroatoms. The van der Waals surface area contributed by atoms with Crippen LogP contribution >= 0.6 is 0 Å². The van der Waals surface area contributed by atoms with Gasteiger partial charge in [-0.15, -0.1) is 0 Å². The third kappa shape index (κ3) is 4.72. The summed E-state index contributed by atoms with van der Waals surface area (Å²) in [5.74, 6) is 1.50. The first kappa shape index (κ1) is 21.4. The van der Waals surface area contributed by atoms with E-state index in [1.54, 1.807) is 7.11 Å². The normalized spacial score (nSPS) is 16.7. The van der Waals surface area contributed by atoms with Gasteiger partial charge in [-0.25, -0.2) is 4.98 Å². The van der Waals surface area contributed by atoms with E-state index in [1.807, 2.05) is 42.4 Å². The first-order valence-electron chi connectivity index (χ1n) is 10.7. The van der Waals surface area contributed by atoms with Crippen LogP contribution in [0.15, 0.2) is 84.1 Å². The van der Waals surface area contributed by atoms with E-state index in [9.17, 15) is 0 Å². The minimum atomic E-state index is 0.176. The van der Waals surface area contributed by atoms with Gasteiger partial charge in [0.2, 0.25) is 5.88 Å². The molecule has 2 aliphatic heterocycles. The summed E-state index contributed by atoms with van der Waals surface area (Å²) in [6, 6.07) is 14.6. The predicted octanol–water partition coefficient (Wildman–Crippen LogP) is 3.91. The molecule has 32 heavy (non-hydrogen) atoms. The monoisotopic (exact) mass is 430 g/mol. The summed E-state index contributed by atoms with van der Waals surface area (Å²) in [6.45, 7) is 7.04. The third-order valence-corrected chi connectivity index (χ3v) is 5.42. The summed E-state index contributed by atoms with van der Waals surface area (Å²) in [7, 11) is 1.64. The molecule has 0 saturated heterocycles. The lowest BCUT2D eigenvalue weighted by Gasteiger charge is -2.26. The number of rotatable bonds is 6. The van der Waals surface area contributed by atoms with Crippen molar-refractivity contribution in [3.8, 4) is 5.88 Å². The van der Waals surface area contributed by atoms with Gasteiger partial charge in [0, 0.05) is 30.7 Å². The standard InChI is InChI=1S/C25H30N6O/c1-17-15-22(29-30-24(17)27-19(3)20-9-6-5-7-10-20)21-11-12-23(25(28-21)32-4)31-14-8-13-26-18(2)16-31/h5-12,14-16,19,26-27,29-30H,13H2,1-4H3. The lowest BCUT2D eigenvalue weighted by molar-refractivity contribution is 0.398. The molecule has 0 fully saturated rings. The van der Waals surface area contributed by atoms with Gasteiger partial charge in [0.15, 0.2) is 0 Å². The van der Waals surface area contributed by atoms with Crippen LogP contribution in [0.2, 0.25) is 0 Å². The molecular formula is C25H30N6O. The minimum Gasteiger partial charge on any atom is -0.479 e. The zero-order valence-corrected chi connectivity index (χ0v) is 18.9. The van der Waals surface area contributed by atoms with E-state index in [-0.39, 0.29) is 6.04 Å². The average molecular weight is 431 g/mol. The molecule has 4 N–H and O–H groups in total. The van der Waals surface area contributed by atoms with Crippen LogP contribution in [0.3, 0.4) is 0 Å². The molecule has 3 heterocycles. The Labute approximate surface area is 189 Å². The van der Waals surface area contributed by atoms with Crippen molar-refractivity contribution < 1.29 is 4.74 Å². The Balaban J connectivity index is 1.56. The molecule has 0 aliphatic carbocycles. The molecule has 1 atom stereocenters. The number of hydrazine groups is 1. The average Bonchev–Trinajstić information content (AvgIpc) is 3.04. The van der Waals surface area contributed by atoms with E-state index in [0.29, 0.717) is 5.88 Å². The van der Waals surface area contributed by atoms with Crippen molar-refractivity contribution in [1.82, 2.24) is 26.5 Å². The summed E-state index contributed by atoms with van der Waals surface area (Å²) in [5.41, 5.74) is 12.5. The van der Waals surface area contributed by atoms with Gasteiger partial charge in [0.1, 0.15) is 11.5 Å². The number of aromatic nitrogens is 1. The quantitative estimate of drug-likeness (QED) is 0.554. The van der Waals surface area contributed by atoms with Gasteiger partial charge >= 0.3 is 0 Å². The van der Waals surface area contributed by atoms with Gasteiger partial charge < -0.3 is 20.3 Å².